The number of rotatable bonds is 2. The van der Waals surface area contributed by atoms with Crippen molar-refractivity contribution in [3.05, 3.63) is 0 Å². The standard InChI is InChI=1S/C17H30N2O2.ClH/c1-15(2)9-13-10-16(3,11-15)12-19(13)14(20)17(21-4)5-7-18-8-6-17;/h13,18H,5-12H2,1-4H3;1H. The van der Waals surface area contributed by atoms with Crippen LogP contribution >= 0.6 is 12.4 Å². The third kappa shape index (κ3) is 3.02. The van der Waals surface area contributed by atoms with E-state index in [1.54, 1.807) is 7.11 Å². The third-order valence-corrected chi connectivity index (χ3v) is 5.87. The summed E-state index contributed by atoms with van der Waals surface area (Å²) < 4.78 is 5.76. The molecule has 1 saturated carbocycles. The molecule has 5 heteroatoms. The van der Waals surface area contributed by atoms with Crippen LogP contribution in [0.2, 0.25) is 0 Å². The number of nitrogens with one attached hydrogen (secondary N) is 1. The number of carbonyl (C=O) groups excluding carboxylic acids is 1. The van der Waals surface area contributed by atoms with Crippen LogP contribution in [0.15, 0.2) is 0 Å². The summed E-state index contributed by atoms with van der Waals surface area (Å²) in [5, 5.41) is 3.34. The van der Waals surface area contributed by atoms with Crippen molar-refractivity contribution in [3.8, 4) is 0 Å². The highest BCUT2D eigenvalue weighted by atomic mass is 35.5. The maximum Gasteiger partial charge on any atom is 0.255 e. The summed E-state index contributed by atoms with van der Waals surface area (Å²) >= 11 is 0. The summed E-state index contributed by atoms with van der Waals surface area (Å²) in [7, 11) is 1.71. The predicted octanol–water partition coefficient (Wildman–Crippen LogP) is 2.60. The first-order valence-electron chi connectivity index (χ1n) is 8.36. The molecule has 0 spiro atoms. The molecule has 2 unspecified atom stereocenters. The lowest BCUT2D eigenvalue weighted by atomic mass is 9.65. The van der Waals surface area contributed by atoms with Gasteiger partial charge >= 0.3 is 0 Å². The molecular formula is C17H31ClN2O2. The Morgan fingerprint density at radius 2 is 1.82 bits per heavy atom. The minimum atomic E-state index is -0.580. The van der Waals surface area contributed by atoms with E-state index in [-0.39, 0.29) is 18.3 Å². The number of fused-ring (bicyclic) bond motifs is 2. The average Bonchev–Trinajstić information content (AvgIpc) is 2.68. The molecule has 1 aliphatic carbocycles. The molecule has 128 valence electrons. The summed E-state index contributed by atoms with van der Waals surface area (Å²) in [6.07, 6.45) is 5.12. The zero-order valence-electron chi connectivity index (χ0n) is 14.4. The Hall–Kier alpha value is -0.320. The first kappa shape index (κ1) is 18.0. The number of halogens is 1. The number of carbonyl (C=O) groups is 1. The molecular weight excluding hydrogens is 300 g/mol. The van der Waals surface area contributed by atoms with Gasteiger partial charge in [-0.1, -0.05) is 20.8 Å². The van der Waals surface area contributed by atoms with Gasteiger partial charge in [0.25, 0.3) is 5.91 Å². The van der Waals surface area contributed by atoms with Crippen molar-refractivity contribution >= 4 is 18.3 Å². The zero-order chi connectivity index (χ0) is 15.3. The molecule has 3 rings (SSSR count). The van der Waals surface area contributed by atoms with Gasteiger partial charge in [0.1, 0.15) is 5.60 Å². The molecule has 2 saturated heterocycles. The highest BCUT2D eigenvalue weighted by molar-refractivity contribution is 5.86. The summed E-state index contributed by atoms with van der Waals surface area (Å²) in [5.74, 6) is 0.248. The highest BCUT2D eigenvalue weighted by Gasteiger charge is 2.54. The van der Waals surface area contributed by atoms with Gasteiger partial charge in [-0.2, -0.15) is 0 Å². The van der Waals surface area contributed by atoms with Gasteiger partial charge in [0.15, 0.2) is 0 Å². The number of hydrogen-bond donors (Lipinski definition) is 1. The third-order valence-electron chi connectivity index (χ3n) is 5.87. The van der Waals surface area contributed by atoms with Crippen LogP contribution in [0.4, 0.5) is 0 Å². The van der Waals surface area contributed by atoms with Crippen molar-refractivity contribution in [2.24, 2.45) is 10.8 Å². The molecule has 3 fully saturated rings. The SMILES string of the molecule is COC1(C(=O)N2CC3(C)CC2CC(C)(C)C3)CCNCC1.Cl. The fourth-order valence-electron chi connectivity index (χ4n) is 5.29. The van der Waals surface area contributed by atoms with Crippen LogP contribution in [0.1, 0.15) is 52.9 Å². The molecule has 2 aliphatic heterocycles. The van der Waals surface area contributed by atoms with Gasteiger partial charge < -0.3 is 15.0 Å². The van der Waals surface area contributed by atoms with Crippen LogP contribution in [-0.2, 0) is 9.53 Å². The minimum Gasteiger partial charge on any atom is -0.368 e. The highest BCUT2D eigenvalue weighted by Crippen LogP contribution is 2.53. The van der Waals surface area contributed by atoms with Crippen molar-refractivity contribution in [1.29, 1.82) is 0 Å². The smallest absolute Gasteiger partial charge is 0.255 e. The second-order valence-electron chi connectivity index (χ2n) is 8.60. The number of likely N-dealkylation sites (tertiary alicyclic amines) is 1. The van der Waals surface area contributed by atoms with E-state index < -0.39 is 5.60 Å². The lowest BCUT2D eigenvalue weighted by molar-refractivity contribution is -0.159. The largest absolute Gasteiger partial charge is 0.368 e. The van der Waals surface area contributed by atoms with Gasteiger partial charge in [-0.25, -0.2) is 0 Å². The number of nitrogens with zero attached hydrogens (tertiary/aromatic N) is 1. The van der Waals surface area contributed by atoms with Gasteiger partial charge in [0, 0.05) is 19.7 Å². The number of hydrogen-bond acceptors (Lipinski definition) is 3. The second-order valence-corrected chi connectivity index (χ2v) is 8.60. The fourth-order valence-corrected chi connectivity index (χ4v) is 5.29. The number of methoxy groups -OCH3 is 1. The number of amides is 1. The second kappa shape index (κ2) is 5.95. The van der Waals surface area contributed by atoms with Crippen molar-refractivity contribution in [1.82, 2.24) is 10.2 Å². The van der Waals surface area contributed by atoms with Crippen LogP contribution < -0.4 is 5.32 Å². The van der Waals surface area contributed by atoms with Crippen LogP contribution in [0, 0.1) is 10.8 Å². The number of ether oxygens (including phenoxy) is 1. The summed E-state index contributed by atoms with van der Waals surface area (Å²) in [6, 6.07) is 0.410. The van der Waals surface area contributed by atoms with Crippen LogP contribution in [0.3, 0.4) is 0 Å². The Balaban J connectivity index is 0.00000176. The van der Waals surface area contributed by atoms with Crippen LogP contribution in [0.5, 0.6) is 0 Å². The molecule has 2 bridgehead atoms. The topological polar surface area (TPSA) is 41.6 Å². The van der Waals surface area contributed by atoms with Crippen LogP contribution in [0.25, 0.3) is 0 Å². The lowest BCUT2D eigenvalue weighted by Gasteiger charge is -2.41. The summed E-state index contributed by atoms with van der Waals surface area (Å²) in [5.41, 5.74) is 0.0637. The molecule has 22 heavy (non-hydrogen) atoms. The van der Waals surface area contributed by atoms with E-state index in [1.165, 1.54) is 12.8 Å². The molecule has 3 aliphatic rings. The molecule has 0 aromatic carbocycles. The summed E-state index contributed by atoms with van der Waals surface area (Å²) in [6.45, 7) is 9.72. The summed E-state index contributed by atoms with van der Waals surface area (Å²) in [4.78, 5) is 15.4. The molecule has 2 atom stereocenters. The molecule has 0 radical (unpaired) electrons. The van der Waals surface area contributed by atoms with E-state index in [9.17, 15) is 4.79 Å². The fraction of sp³-hybridized carbons (Fsp3) is 0.941. The van der Waals surface area contributed by atoms with Gasteiger partial charge in [0.05, 0.1) is 0 Å². The lowest BCUT2D eigenvalue weighted by Crippen LogP contribution is -2.56. The van der Waals surface area contributed by atoms with Crippen molar-refractivity contribution in [2.75, 3.05) is 26.7 Å². The predicted molar refractivity (Wildman–Crippen MR) is 90.3 cm³/mol. The van der Waals surface area contributed by atoms with Crippen molar-refractivity contribution in [3.63, 3.8) is 0 Å². The molecule has 1 amide bonds. The van der Waals surface area contributed by atoms with Gasteiger partial charge in [-0.05, 0) is 56.0 Å². The Bertz CT molecular complexity index is 434. The Morgan fingerprint density at radius 3 is 2.41 bits per heavy atom. The van der Waals surface area contributed by atoms with Crippen LogP contribution in [-0.4, -0.2) is 49.2 Å². The van der Waals surface area contributed by atoms with Gasteiger partial charge in [-0.3, -0.25) is 4.79 Å². The molecule has 4 nitrogen and oxygen atoms in total. The minimum absolute atomic E-state index is 0. The zero-order valence-corrected chi connectivity index (χ0v) is 15.2. The Labute approximate surface area is 140 Å². The van der Waals surface area contributed by atoms with Gasteiger partial charge in [0.2, 0.25) is 0 Å². The van der Waals surface area contributed by atoms with E-state index in [1.807, 2.05) is 0 Å². The maximum absolute atomic E-state index is 13.2. The van der Waals surface area contributed by atoms with Gasteiger partial charge in [-0.15, -0.1) is 12.4 Å². The monoisotopic (exact) mass is 330 g/mol. The maximum atomic E-state index is 13.2. The average molecular weight is 331 g/mol. The van der Waals surface area contributed by atoms with E-state index in [4.69, 9.17) is 4.74 Å². The molecule has 2 heterocycles. The molecule has 0 aromatic rings. The van der Waals surface area contributed by atoms with E-state index >= 15 is 0 Å². The van der Waals surface area contributed by atoms with E-state index in [2.05, 4.69) is 31.0 Å². The van der Waals surface area contributed by atoms with Crippen molar-refractivity contribution in [2.45, 2.75) is 64.5 Å². The normalized spacial score (nSPS) is 35.8. The molecule has 1 N–H and O–H groups in total. The van der Waals surface area contributed by atoms with Crippen molar-refractivity contribution < 1.29 is 9.53 Å². The number of piperidine rings is 1. The quantitative estimate of drug-likeness (QED) is 0.846. The van der Waals surface area contributed by atoms with E-state index in [0.29, 0.717) is 16.9 Å². The Kier molecular flexibility index (Phi) is 4.88. The first-order valence-corrected chi connectivity index (χ1v) is 8.36. The van der Waals surface area contributed by atoms with E-state index in [0.717, 1.165) is 38.9 Å². The molecule has 0 aromatic heterocycles. The Morgan fingerprint density at radius 1 is 1.18 bits per heavy atom. The first-order chi connectivity index (χ1) is 9.79.